The van der Waals surface area contributed by atoms with Gasteiger partial charge in [0.05, 0.1) is 6.20 Å². The third-order valence-electron chi connectivity index (χ3n) is 2.81. The van der Waals surface area contributed by atoms with Gasteiger partial charge in [0.1, 0.15) is 17.2 Å². The summed E-state index contributed by atoms with van der Waals surface area (Å²) in [6, 6.07) is 10.9. The minimum absolute atomic E-state index is 0.211. The van der Waals surface area contributed by atoms with E-state index in [9.17, 15) is 4.79 Å². The van der Waals surface area contributed by atoms with Gasteiger partial charge < -0.3 is 16.2 Å². The van der Waals surface area contributed by atoms with Crippen LogP contribution in [0.5, 0.6) is 11.5 Å². The van der Waals surface area contributed by atoms with Gasteiger partial charge in [-0.15, -0.1) is 0 Å². The average molecular weight is 285 g/mol. The van der Waals surface area contributed by atoms with Crippen molar-refractivity contribution in [3.63, 3.8) is 0 Å². The van der Waals surface area contributed by atoms with Crippen LogP contribution in [0.4, 0.5) is 0 Å². The fraction of sp³-hybridized carbons (Fsp3) is 0.250. The molecule has 0 unspecified atom stereocenters. The lowest BCUT2D eigenvalue weighted by Gasteiger charge is -2.18. The average Bonchev–Trinajstić information content (AvgIpc) is 2.40. The Balaban J connectivity index is 2.04. The molecule has 0 aliphatic heterocycles. The first kappa shape index (κ1) is 15.0. The molecular weight excluding hydrogens is 266 g/mol. The zero-order valence-corrected chi connectivity index (χ0v) is 12.2. The lowest BCUT2D eigenvalue weighted by Crippen LogP contribution is -2.34. The Labute approximate surface area is 123 Å². The summed E-state index contributed by atoms with van der Waals surface area (Å²) in [5, 5.41) is 0. The molecule has 0 fully saturated rings. The van der Waals surface area contributed by atoms with Crippen LogP contribution in [0.2, 0.25) is 0 Å². The van der Waals surface area contributed by atoms with Gasteiger partial charge in [-0.2, -0.15) is 0 Å². The summed E-state index contributed by atoms with van der Waals surface area (Å²) in [6.07, 6.45) is 2.26. The molecule has 1 heterocycles. The molecule has 4 N–H and O–H groups in total. The summed E-state index contributed by atoms with van der Waals surface area (Å²) >= 11 is 0. The number of rotatable bonds is 5. The summed E-state index contributed by atoms with van der Waals surface area (Å²) in [5.74, 6) is 0.685. The Hall–Kier alpha value is -2.40. The van der Waals surface area contributed by atoms with Gasteiger partial charge in [-0.05, 0) is 50.1 Å². The van der Waals surface area contributed by atoms with Crippen LogP contribution >= 0.6 is 0 Å². The highest BCUT2D eigenvalue weighted by Crippen LogP contribution is 2.22. The van der Waals surface area contributed by atoms with E-state index < -0.39 is 5.91 Å². The van der Waals surface area contributed by atoms with Gasteiger partial charge in [-0.25, -0.2) is 4.98 Å². The van der Waals surface area contributed by atoms with Crippen molar-refractivity contribution in [3.8, 4) is 11.5 Å². The second-order valence-corrected chi connectivity index (χ2v) is 5.65. The van der Waals surface area contributed by atoms with E-state index in [0.29, 0.717) is 11.5 Å². The molecule has 1 aromatic heterocycles. The number of carbonyl (C=O) groups is 1. The number of nitrogens with zero attached hydrogens (tertiary/aromatic N) is 1. The predicted octanol–water partition coefficient (Wildman–Crippen LogP) is 2.25. The topological polar surface area (TPSA) is 91.2 Å². The number of benzene rings is 1. The minimum atomic E-state index is -0.560. The Kier molecular flexibility index (Phi) is 4.23. The van der Waals surface area contributed by atoms with Crippen molar-refractivity contribution in [2.45, 2.75) is 25.8 Å². The zero-order valence-electron chi connectivity index (χ0n) is 12.2. The van der Waals surface area contributed by atoms with Crippen molar-refractivity contribution >= 4 is 5.91 Å². The van der Waals surface area contributed by atoms with Crippen LogP contribution in [0, 0.1) is 0 Å². The fourth-order valence-electron chi connectivity index (χ4n) is 1.92. The molecule has 0 saturated carbocycles. The molecule has 0 aliphatic rings. The van der Waals surface area contributed by atoms with Crippen LogP contribution in [-0.4, -0.2) is 16.4 Å². The third-order valence-corrected chi connectivity index (χ3v) is 2.81. The Morgan fingerprint density at radius 2 is 1.76 bits per heavy atom. The van der Waals surface area contributed by atoms with E-state index in [1.165, 1.54) is 12.3 Å². The summed E-state index contributed by atoms with van der Waals surface area (Å²) in [5.41, 5.74) is 12.2. The van der Waals surface area contributed by atoms with Crippen molar-refractivity contribution < 1.29 is 9.53 Å². The van der Waals surface area contributed by atoms with E-state index in [1.54, 1.807) is 6.07 Å². The van der Waals surface area contributed by atoms with Gasteiger partial charge >= 0.3 is 0 Å². The molecule has 0 atom stereocenters. The molecule has 0 spiro atoms. The summed E-state index contributed by atoms with van der Waals surface area (Å²) in [6.45, 7) is 3.98. The van der Waals surface area contributed by atoms with E-state index >= 15 is 0 Å². The molecule has 0 bridgehead atoms. The van der Waals surface area contributed by atoms with E-state index in [1.807, 2.05) is 38.1 Å². The van der Waals surface area contributed by atoms with Crippen molar-refractivity contribution in [3.05, 3.63) is 53.9 Å². The standard InChI is InChI=1S/C16H19N3O2/c1-16(2,18)9-11-3-5-12(6-4-11)21-13-7-8-14(15(17)20)19-10-13/h3-8,10H,9,18H2,1-2H3,(H2,17,20). The molecule has 0 saturated heterocycles. The molecule has 0 radical (unpaired) electrons. The van der Waals surface area contributed by atoms with Gasteiger partial charge in [-0.3, -0.25) is 4.79 Å². The maximum absolute atomic E-state index is 10.9. The van der Waals surface area contributed by atoms with Crippen LogP contribution < -0.4 is 16.2 Å². The van der Waals surface area contributed by atoms with Gasteiger partial charge in [0.2, 0.25) is 0 Å². The first-order valence-corrected chi connectivity index (χ1v) is 6.65. The molecule has 5 heteroatoms. The zero-order chi connectivity index (χ0) is 15.5. The first-order valence-electron chi connectivity index (χ1n) is 6.65. The number of hydrogen-bond acceptors (Lipinski definition) is 4. The van der Waals surface area contributed by atoms with E-state index in [0.717, 1.165) is 12.0 Å². The maximum Gasteiger partial charge on any atom is 0.267 e. The van der Waals surface area contributed by atoms with Crippen molar-refractivity contribution in [1.29, 1.82) is 0 Å². The second-order valence-electron chi connectivity index (χ2n) is 5.65. The number of primary amides is 1. The van der Waals surface area contributed by atoms with Crippen molar-refractivity contribution in [2.24, 2.45) is 11.5 Å². The number of ether oxygens (including phenoxy) is 1. The van der Waals surface area contributed by atoms with Crippen LogP contribution in [-0.2, 0) is 6.42 Å². The number of pyridine rings is 1. The molecule has 2 rings (SSSR count). The highest BCUT2D eigenvalue weighted by atomic mass is 16.5. The monoisotopic (exact) mass is 285 g/mol. The predicted molar refractivity (Wildman–Crippen MR) is 81.2 cm³/mol. The smallest absolute Gasteiger partial charge is 0.267 e. The van der Waals surface area contributed by atoms with Crippen molar-refractivity contribution in [2.75, 3.05) is 0 Å². The Morgan fingerprint density at radius 3 is 2.24 bits per heavy atom. The lowest BCUT2D eigenvalue weighted by molar-refractivity contribution is 0.0995. The largest absolute Gasteiger partial charge is 0.456 e. The fourth-order valence-corrected chi connectivity index (χ4v) is 1.92. The highest BCUT2D eigenvalue weighted by molar-refractivity contribution is 5.90. The Bertz CT molecular complexity index is 613. The summed E-state index contributed by atoms with van der Waals surface area (Å²) in [4.78, 5) is 14.9. The third kappa shape index (κ3) is 4.57. The van der Waals surface area contributed by atoms with Crippen LogP contribution in [0.3, 0.4) is 0 Å². The Morgan fingerprint density at radius 1 is 1.14 bits per heavy atom. The van der Waals surface area contributed by atoms with E-state index in [4.69, 9.17) is 16.2 Å². The molecule has 2 aromatic rings. The molecule has 21 heavy (non-hydrogen) atoms. The van der Waals surface area contributed by atoms with E-state index in [-0.39, 0.29) is 11.2 Å². The van der Waals surface area contributed by atoms with Gasteiger partial charge in [0.25, 0.3) is 5.91 Å². The number of amides is 1. The number of aromatic nitrogens is 1. The van der Waals surface area contributed by atoms with Crippen LogP contribution in [0.1, 0.15) is 29.9 Å². The quantitative estimate of drug-likeness (QED) is 0.881. The van der Waals surface area contributed by atoms with Crippen LogP contribution in [0.15, 0.2) is 42.6 Å². The first-order chi connectivity index (χ1) is 9.83. The van der Waals surface area contributed by atoms with Gasteiger partial charge in [-0.1, -0.05) is 12.1 Å². The molecule has 1 amide bonds. The maximum atomic E-state index is 10.9. The number of carbonyl (C=O) groups excluding carboxylic acids is 1. The molecule has 1 aromatic carbocycles. The lowest BCUT2D eigenvalue weighted by atomic mass is 9.96. The summed E-state index contributed by atoms with van der Waals surface area (Å²) < 4.78 is 5.65. The van der Waals surface area contributed by atoms with Crippen molar-refractivity contribution in [1.82, 2.24) is 4.98 Å². The van der Waals surface area contributed by atoms with E-state index in [2.05, 4.69) is 4.98 Å². The van der Waals surface area contributed by atoms with Gasteiger partial charge in [0, 0.05) is 5.54 Å². The molecule has 0 aliphatic carbocycles. The summed E-state index contributed by atoms with van der Waals surface area (Å²) in [7, 11) is 0. The molecule has 5 nitrogen and oxygen atoms in total. The minimum Gasteiger partial charge on any atom is -0.456 e. The normalized spacial score (nSPS) is 11.2. The number of hydrogen-bond donors (Lipinski definition) is 2. The molecular formula is C16H19N3O2. The highest BCUT2D eigenvalue weighted by Gasteiger charge is 2.11. The second kappa shape index (κ2) is 5.93. The van der Waals surface area contributed by atoms with Crippen LogP contribution in [0.25, 0.3) is 0 Å². The molecule has 110 valence electrons. The van der Waals surface area contributed by atoms with Gasteiger partial charge in [0.15, 0.2) is 0 Å². The number of nitrogens with two attached hydrogens (primary N) is 2. The SMILES string of the molecule is CC(C)(N)Cc1ccc(Oc2ccc(C(N)=O)nc2)cc1.